The fourth-order valence-electron chi connectivity index (χ4n) is 5.67. The largest absolute Gasteiger partial charge is 0.309 e. The van der Waals surface area contributed by atoms with E-state index in [2.05, 4.69) is 23.6 Å². The third-order valence-corrected chi connectivity index (χ3v) is 7.11. The molecule has 1 heterocycles. The maximum Gasteiger partial charge on any atom is 0.197 e. The van der Waals surface area contributed by atoms with Crippen LogP contribution in [0.25, 0.3) is 27.5 Å². The van der Waals surface area contributed by atoms with Crippen molar-refractivity contribution in [2.75, 3.05) is 0 Å². The lowest BCUT2D eigenvalue weighted by molar-refractivity contribution is 0.103. The number of hydrogen-bond acceptors (Lipinski definition) is 2. The predicted molar refractivity (Wildman–Crippen MR) is 139 cm³/mol. The van der Waals surface area contributed by atoms with E-state index in [0.29, 0.717) is 22.8 Å². The van der Waals surface area contributed by atoms with E-state index < -0.39 is 0 Å². The fourth-order valence-corrected chi connectivity index (χ4v) is 5.67. The molecule has 3 heteroatoms. The molecule has 0 atom stereocenters. The summed E-state index contributed by atoms with van der Waals surface area (Å²) in [6.07, 6.45) is 0.661. The number of nitrogens with zero attached hydrogens (tertiary/aromatic N) is 1. The first kappa shape index (κ1) is 20.6. The highest BCUT2D eigenvalue weighted by molar-refractivity contribution is 6.14. The van der Waals surface area contributed by atoms with Gasteiger partial charge in [-0.05, 0) is 98.3 Å². The van der Waals surface area contributed by atoms with Crippen LogP contribution in [0.2, 0.25) is 0 Å². The first-order valence-corrected chi connectivity index (χ1v) is 11.7. The van der Waals surface area contributed by atoms with Crippen molar-refractivity contribution in [1.29, 1.82) is 0 Å². The summed E-state index contributed by atoms with van der Waals surface area (Å²) < 4.78 is 2.14. The van der Waals surface area contributed by atoms with Gasteiger partial charge in [-0.3, -0.25) is 9.59 Å². The summed E-state index contributed by atoms with van der Waals surface area (Å²) >= 11 is 0. The molecular formula is C31H25NO2. The molecule has 1 aromatic heterocycles. The van der Waals surface area contributed by atoms with Gasteiger partial charge in [-0.15, -0.1) is 0 Å². The van der Waals surface area contributed by atoms with Crippen molar-refractivity contribution in [3.8, 4) is 5.69 Å². The van der Waals surface area contributed by atoms with Crippen molar-refractivity contribution >= 4 is 27.6 Å². The molecule has 5 aromatic rings. The van der Waals surface area contributed by atoms with Crippen LogP contribution in [-0.2, 0) is 6.42 Å². The van der Waals surface area contributed by atoms with Gasteiger partial charge < -0.3 is 4.57 Å². The van der Waals surface area contributed by atoms with Gasteiger partial charge >= 0.3 is 0 Å². The predicted octanol–water partition coefficient (Wildman–Crippen LogP) is 6.51. The van der Waals surface area contributed by atoms with Gasteiger partial charge in [-0.2, -0.15) is 0 Å². The van der Waals surface area contributed by atoms with E-state index in [4.69, 9.17) is 0 Å². The fraction of sp³-hybridized carbons (Fsp3) is 0.161. The van der Waals surface area contributed by atoms with E-state index in [1.165, 1.54) is 0 Å². The molecular weight excluding hydrogens is 418 g/mol. The molecule has 166 valence electrons. The van der Waals surface area contributed by atoms with Crippen molar-refractivity contribution in [3.63, 3.8) is 0 Å². The SMILES string of the molecule is Cc1cc(C)c2c(c1)C(=O)c1cc3c(cc1C2)c(=O)c1cc(C)cc(C)c1n3-c1ccccc1. The van der Waals surface area contributed by atoms with E-state index in [9.17, 15) is 9.59 Å². The van der Waals surface area contributed by atoms with Crippen LogP contribution in [0.15, 0.2) is 71.5 Å². The average Bonchev–Trinajstić information content (AvgIpc) is 2.81. The Kier molecular flexibility index (Phi) is 4.40. The highest BCUT2D eigenvalue weighted by Crippen LogP contribution is 2.34. The zero-order valence-corrected chi connectivity index (χ0v) is 19.8. The van der Waals surface area contributed by atoms with Crippen LogP contribution in [0.4, 0.5) is 0 Å². The third kappa shape index (κ3) is 2.90. The maximum absolute atomic E-state index is 13.8. The van der Waals surface area contributed by atoms with Crippen LogP contribution in [0, 0.1) is 27.7 Å². The van der Waals surface area contributed by atoms with Crippen molar-refractivity contribution in [2.45, 2.75) is 34.1 Å². The Hall–Kier alpha value is -3.98. The Balaban J connectivity index is 1.77. The molecule has 0 fully saturated rings. The van der Waals surface area contributed by atoms with Gasteiger partial charge in [0.05, 0.1) is 11.0 Å². The molecule has 34 heavy (non-hydrogen) atoms. The highest BCUT2D eigenvalue weighted by Gasteiger charge is 2.27. The van der Waals surface area contributed by atoms with E-state index >= 15 is 0 Å². The molecule has 0 bridgehead atoms. The minimum Gasteiger partial charge on any atom is -0.309 e. The molecule has 0 amide bonds. The number of aryl methyl sites for hydroxylation is 4. The minimum atomic E-state index is 0.0191. The second kappa shape index (κ2) is 7.26. The van der Waals surface area contributed by atoms with Gasteiger partial charge in [0.25, 0.3) is 0 Å². The number of rotatable bonds is 1. The standard InChI is InChI=1S/C31H25NO2/c1-17-10-19(3)23-14-21-15-26-28(16-24(21)30(33)25(23)12-17)32(22-8-6-5-7-9-22)29-20(4)11-18(2)13-27(29)31(26)34/h5-13,15-16H,14H2,1-4H3. The van der Waals surface area contributed by atoms with Gasteiger partial charge in [0.15, 0.2) is 11.2 Å². The summed E-state index contributed by atoms with van der Waals surface area (Å²) in [7, 11) is 0. The highest BCUT2D eigenvalue weighted by atomic mass is 16.1. The first-order valence-electron chi connectivity index (χ1n) is 11.7. The van der Waals surface area contributed by atoms with Crippen molar-refractivity contribution in [2.24, 2.45) is 0 Å². The van der Waals surface area contributed by atoms with Gasteiger partial charge in [0.1, 0.15) is 0 Å². The van der Waals surface area contributed by atoms with Crippen LogP contribution in [0.5, 0.6) is 0 Å². The molecule has 1 aliphatic rings. The molecule has 0 saturated carbocycles. The zero-order chi connectivity index (χ0) is 23.7. The van der Waals surface area contributed by atoms with E-state index in [1.807, 2.05) is 75.4 Å². The second-order valence-electron chi connectivity index (χ2n) is 9.62. The number of hydrogen-bond donors (Lipinski definition) is 0. The Morgan fingerprint density at radius 1 is 0.706 bits per heavy atom. The maximum atomic E-state index is 13.8. The van der Waals surface area contributed by atoms with Gasteiger partial charge in [0.2, 0.25) is 0 Å². The molecule has 6 rings (SSSR count). The number of benzene rings is 4. The number of carbonyl (C=O) groups excluding carboxylic acids is 1. The monoisotopic (exact) mass is 443 g/mol. The van der Waals surface area contributed by atoms with Crippen LogP contribution >= 0.6 is 0 Å². The molecule has 0 spiro atoms. The van der Waals surface area contributed by atoms with E-state index in [1.54, 1.807) is 0 Å². The molecule has 1 aliphatic carbocycles. The molecule has 0 saturated heterocycles. The number of aromatic nitrogens is 1. The first-order chi connectivity index (χ1) is 16.3. The molecule has 0 unspecified atom stereocenters. The van der Waals surface area contributed by atoms with Gasteiger partial charge in [0, 0.05) is 27.6 Å². The molecule has 4 aromatic carbocycles. The lowest BCUT2D eigenvalue weighted by atomic mass is 9.81. The summed E-state index contributed by atoms with van der Waals surface area (Å²) in [5.74, 6) is 0.0396. The van der Waals surface area contributed by atoms with Crippen LogP contribution in [0.3, 0.4) is 0 Å². The number of fused-ring (bicyclic) bond motifs is 4. The number of ketones is 1. The van der Waals surface area contributed by atoms with E-state index in [0.717, 1.165) is 55.7 Å². The molecule has 0 aliphatic heterocycles. The summed E-state index contributed by atoms with van der Waals surface area (Å²) in [6.45, 7) is 8.16. The Morgan fingerprint density at radius 2 is 1.41 bits per heavy atom. The zero-order valence-electron chi connectivity index (χ0n) is 19.8. The second-order valence-corrected chi connectivity index (χ2v) is 9.62. The summed E-state index contributed by atoms with van der Waals surface area (Å²) in [4.78, 5) is 27.5. The lowest BCUT2D eigenvalue weighted by Gasteiger charge is -2.24. The Morgan fingerprint density at radius 3 is 2.18 bits per heavy atom. The average molecular weight is 444 g/mol. The molecule has 0 radical (unpaired) electrons. The van der Waals surface area contributed by atoms with Gasteiger partial charge in [-0.25, -0.2) is 0 Å². The van der Waals surface area contributed by atoms with E-state index in [-0.39, 0.29) is 11.2 Å². The van der Waals surface area contributed by atoms with Crippen molar-refractivity contribution < 1.29 is 4.79 Å². The summed E-state index contributed by atoms with van der Waals surface area (Å²) in [5.41, 5.74) is 10.4. The van der Waals surface area contributed by atoms with Crippen molar-refractivity contribution in [1.82, 2.24) is 4.57 Å². The smallest absolute Gasteiger partial charge is 0.197 e. The number of para-hydroxylation sites is 1. The third-order valence-electron chi connectivity index (χ3n) is 7.11. The van der Waals surface area contributed by atoms with Crippen LogP contribution in [-0.4, -0.2) is 10.4 Å². The Bertz CT molecular complexity index is 1740. The minimum absolute atomic E-state index is 0.0191. The van der Waals surface area contributed by atoms with Crippen molar-refractivity contribution in [3.05, 3.63) is 121 Å². The number of carbonyl (C=O) groups is 1. The normalized spacial score (nSPS) is 12.8. The summed E-state index contributed by atoms with van der Waals surface area (Å²) in [6, 6.07) is 22.2. The quantitative estimate of drug-likeness (QED) is 0.272. The summed E-state index contributed by atoms with van der Waals surface area (Å²) in [5, 5.41) is 1.37. The van der Waals surface area contributed by atoms with Crippen LogP contribution < -0.4 is 5.43 Å². The molecule has 3 nitrogen and oxygen atoms in total. The Labute approximate surface area is 198 Å². The van der Waals surface area contributed by atoms with Crippen LogP contribution in [0.1, 0.15) is 49.3 Å². The lowest BCUT2D eigenvalue weighted by Crippen LogP contribution is -2.19. The topological polar surface area (TPSA) is 39.1 Å². The molecule has 0 N–H and O–H groups in total. The number of pyridine rings is 1. The van der Waals surface area contributed by atoms with Gasteiger partial charge in [-0.1, -0.05) is 35.9 Å².